The standard InChI is InChI=1S/C23H22FNO6S/c1-16(30-20-8-4-17(24)5-9-20)23(26)31-21-10-6-18(7-11-21)25(2)32(27,28)22-14-12-19(29-3)13-15-22/h4-16H,1-3H3. The lowest BCUT2D eigenvalue weighted by Crippen LogP contribution is -2.28. The number of esters is 1. The molecule has 0 spiro atoms. The van der Waals surface area contributed by atoms with Gasteiger partial charge >= 0.3 is 5.97 Å². The molecule has 3 aromatic carbocycles. The largest absolute Gasteiger partial charge is 0.497 e. The molecular weight excluding hydrogens is 437 g/mol. The van der Waals surface area contributed by atoms with Crippen molar-refractivity contribution in [1.29, 1.82) is 0 Å². The normalized spacial score (nSPS) is 12.0. The average molecular weight is 459 g/mol. The van der Waals surface area contributed by atoms with Crippen LogP contribution in [-0.4, -0.2) is 34.6 Å². The molecule has 0 aliphatic rings. The van der Waals surface area contributed by atoms with E-state index in [-0.39, 0.29) is 10.6 Å². The van der Waals surface area contributed by atoms with Gasteiger partial charge in [0.2, 0.25) is 0 Å². The number of carbonyl (C=O) groups excluding carboxylic acids is 1. The lowest BCUT2D eigenvalue weighted by molar-refractivity contribution is -0.141. The fourth-order valence-corrected chi connectivity index (χ4v) is 3.93. The van der Waals surface area contributed by atoms with E-state index >= 15 is 0 Å². The van der Waals surface area contributed by atoms with Crippen molar-refractivity contribution in [2.24, 2.45) is 0 Å². The van der Waals surface area contributed by atoms with Crippen molar-refractivity contribution in [3.8, 4) is 17.2 Å². The summed E-state index contributed by atoms with van der Waals surface area (Å²) in [5.41, 5.74) is 0.385. The minimum atomic E-state index is -3.78. The van der Waals surface area contributed by atoms with Gasteiger partial charge in [0.05, 0.1) is 17.7 Å². The average Bonchev–Trinajstić information content (AvgIpc) is 2.80. The fourth-order valence-electron chi connectivity index (χ4n) is 2.73. The molecule has 9 heteroatoms. The molecule has 3 aromatic rings. The number of anilines is 1. The first kappa shape index (κ1) is 23.1. The minimum Gasteiger partial charge on any atom is -0.497 e. The Morgan fingerprint density at radius 1 is 0.875 bits per heavy atom. The fraction of sp³-hybridized carbons (Fsp3) is 0.174. The lowest BCUT2D eigenvalue weighted by Gasteiger charge is -2.20. The van der Waals surface area contributed by atoms with Crippen LogP contribution >= 0.6 is 0 Å². The number of methoxy groups -OCH3 is 1. The number of benzene rings is 3. The molecule has 0 saturated carbocycles. The molecular formula is C23H22FNO6S. The van der Waals surface area contributed by atoms with Crippen molar-refractivity contribution in [2.45, 2.75) is 17.9 Å². The molecule has 0 N–H and O–H groups in total. The topological polar surface area (TPSA) is 82.1 Å². The van der Waals surface area contributed by atoms with E-state index in [9.17, 15) is 17.6 Å². The van der Waals surface area contributed by atoms with Crippen LogP contribution in [0.1, 0.15) is 6.92 Å². The van der Waals surface area contributed by atoms with Gasteiger partial charge in [0.25, 0.3) is 10.0 Å². The summed E-state index contributed by atoms with van der Waals surface area (Å²) in [5, 5.41) is 0. The van der Waals surface area contributed by atoms with Crippen molar-refractivity contribution in [2.75, 3.05) is 18.5 Å². The molecule has 0 fully saturated rings. The lowest BCUT2D eigenvalue weighted by atomic mass is 10.3. The van der Waals surface area contributed by atoms with Gasteiger partial charge in [-0.15, -0.1) is 0 Å². The highest BCUT2D eigenvalue weighted by Gasteiger charge is 2.22. The molecule has 0 saturated heterocycles. The predicted molar refractivity (Wildman–Crippen MR) is 117 cm³/mol. The zero-order valence-electron chi connectivity index (χ0n) is 17.7. The molecule has 32 heavy (non-hydrogen) atoms. The number of nitrogens with zero attached hydrogens (tertiary/aromatic N) is 1. The van der Waals surface area contributed by atoms with E-state index in [2.05, 4.69) is 0 Å². The summed E-state index contributed by atoms with van der Waals surface area (Å²) in [6, 6.07) is 17.3. The quantitative estimate of drug-likeness (QED) is 0.374. The highest BCUT2D eigenvalue weighted by molar-refractivity contribution is 7.92. The van der Waals surface area contributed by atoms with Gasteiger partial charge in [0, 0.05) is 7.05 Å². The molecule has 0 aliphatic carbocycles. The van der Waals surface area contributed by atoms with Crippen LogP contribution in [0.2, 0.25) is 0 Å². The maximum absolute atomic E-state index is 13.0. The summed E-state index contributed by atoms with van der Waals surface area (Å²) in [4.78, 5) is 12.4. The van der Waals surface area contributed by atoms with Crippen molar-refractivity contribution in [1.82, 2.24) is 0 Å². The monoisotopic (exact) mass is 459 g/mol. The number of carbonyl (C=O) groups is 1. The highest BCUT2D eigenvalue weighted by atomic mass is 32.2. The van der Waals surface area contributed by atoms with E-state index in [1.54, 1.807) is 12.1 Å². The van der Waals surface area contributed by atoms with Crippen molar-refractivity contribution in [3.63, 3.8) is 0 Å². The van der Waals surface area contributed by atoms with Crippen LogP contribution in [-0.2, 0) is 14.8 Å². The van der Waals surface area contributed by atoms with Crippen LogP contribution < -0.4 is 18.5 Å². The van der Waals surface area contributed by atoms with Gasteiger partial charge in [0.15, 0.2) is 6.10 Å². The number of rotatable bonds is 8. The van der Waals surface area contributed by atoms with Crippen LogP contribution in [0.15, 0.2) is 77.7 Å². The van der Waals surface area contributed by atoms with E-state index in [0.29, 0.717) is 17.2 Å². The van der Waals surface area contributed by atoms with Crippen molar-refractivity contribution in [3.05, 3.63) is 78.6 Å². The zero-order chi connectivity index (χ0) is 23.3. The Morgan fingerprint density at radius 3 is 1.97 bits per heavy atom. The van der Waals surface area contributed by atoms with Gasteiger partial charge in [-0.1, -0.05) is 0 Å². The third-order valence-electron chi connectivity index (χ3n) is 4.60. The number of hydrogen-bond donors (Lipinski definition) is 0. The number of hydrogen-bond acceptors (Lipinski definition) is 6. The van der Waals surface area contributed by atoms with E-state index < -0.39 is 27.9 Å². The smallest absolute Gasteiger partial charge is 0.352 e. The molecule has 0 amide bonds. The third kappa shape index (κ3) is 5.36. The maximum Gasteiger partial charge on any atom is 0.352 e. The molecule has 1 atom stereocenters. The van der Waals surface area contributed by atoms with Crippen LogP contribution in [0.3, 0.4) is 0 Å². The van der Waals surface area contributed by atoms with Gasteiger partial charge in [0.1, 0.15) is 23.1 Å². The molecule has 0 bridgehead atoms. The SMILES string of the molecule is COc1ccc(S(=O)(=O)N(C)c2ccc(OC(=O)C(C)Oc3ccc(F)cc3)cc2)cc1. The van der Waals surface area contributed by atoms with E-state index in [0.717, 1.165) is 4.31 Å². The molecule has 168 valence electrons. The van der Waals surface area contributed by atoms with E-state index in [1.807, 2.05) is 0 Å². The Hall–Kier alpha value is -3.59. The molecule has 7 nitrogen and oxygen atoms in total. The zero-order valence-corrected chi connectivity index (χ0v) is 18.5. The van der Waals surface area contributed by atoms with Crippen molar-refractivity contribution >= 4 is 21.7 Å². The molecule has 3 rings (SSSR count). The number of halogens is 1. The van der Waals surface area contributed by atoms with Crippen LogP contribution in [0.25, 0.3) is 0 Å². The summed E-state index contributed by atoms with van der Waals surface area (Å²) in [6.07, 6.45) is -0.932. The van der Waals surface area contributed by atoms with Gasteiger partial charge < -0.3 is 14.2 Å². The maximum atomic E-state index is 13.0. The summed E-state index contributed by atoms with van der Waals surface area (Å²) >= 11 is 0. The highest BCUT2D eigenvalue weighted by Crippen LogP contribution is 2.26. The number of ether oxygens (including phenoxy) is 3. The Morgan fingerprint density at radius 2 is 1.41 bits per heavy atom. The second kappa shape index (κ2) is 9.69. The van der Waals surface area contributed by atoms with Crippen LogP contribution in [0.5, 0.6) is 17.2 Å². The Labute approximate surface area is 186 Å². The summed E-state index contributed by atoms with van der Waals surface area (Å²) in [6.45, 7) is 1.51. The second-order valence-corrected chi connectivity index (χ2v) is 8.75. The van der Waals surface area contributed by atoms with Crippen LogP contribution in [0, 0.1) is 5.82 Å². The first-order valence-corrected chi connectivity index (χ1v) is 11.0. The number of sulfonamides is 1. The molecule has 0 radical (unpaired) electrons. The molecule has 0 heterocycles. The first-order valence-electron chi connectivity index (χ1n) is 9.57. The van der Waals surface area contributed by atoms with Gasteiger partial charge in [-0.2, -0.15) is 0 Å². The van der Waals surface area contributed by atoms with Gasteiger partial charge in [-0.05, 0) is 79.7 Å². The summed E-state index contributed by atoms with van der Waals surface area (Å²) in [7, 11) is -0.851. The molecule has 0 aliphatic heterocycles. The summed E-state index contributed by atoms with van der Waals surface area (Å²) < 4.78 is 55.5. The second-order valence-electron chi connectivity index (χ2n) is 6.78. The molecule has 0 aromatic heterocycles. The van der Waals surface area contributed by atoms with E-state index in [4.69, 9.17) is 14.2 Å². The van der Waals surface area contributed by atoms with Crippen LogP contribution in [0.4, 0.5) is 10.1 Å². The predicted octanol–water partition coefficient (Wildman–Crippen LogP) is 4.03. The summed E-state index contributed by atoms with van der Waals surface area (Å²) in [5.74, 6) is 0.0449. The minimum absolute atomic E-state index is 0.114. The Bertz CT molecular complexity index is 1160. The van der Waals surface area contributed by atoms with Crippen molar-refractivity contribution < 1.29 is 31.8 Å². The third-order valence-corrected chi connectivity index (χ3v) is 6.39. The first-order chi connectivity index (χ1) is 15.2. The van der Waals surface area contributed by atoms with Gasteiger partial charge in [-0.25, -0.2) is 17.6 Å². The van der Waals surface area contributed by atoms with E-state index in [1.165, 1.54) is 81.7 Å². The molecule has 1 unspecified atom stereocenters. The Balaban J connectivity index is 1.65. The Kier molecular flexibility index (Phi) is 6.99. The van der Waals surface area contributed by atoms with Gasteiger partial charge in [-0.3, -0.25) is 4.31 Å².